The maximum atomic E-state index is 12.9. The fourth-order valence-electron chi connectivity index (χ4n) is 2.85. The summed E-state index contributed by atoms with van der Waals surface area (Å²) in [6.45, 7) is 2.63. The molecular formula is C17H21ClN4O3S3. The molecule has 1 atom stereocenters. The molecule has 3 rings (SSSR count). The number of halogens is 1. The number of nitrogens with zero attached hydrogens (tertiary/aromatic N) is 3. The van der Waals surface area contributed by atoms with Crippen molar-refractivity contribution in [2.24, 2.45) is 5.92 Å². The number of hydrogen-bond donors (Lipinski definition) is 1. The van der Waals surface area contributed by atoms with Crippen LogP contribution >= 0.6 is 34.7 Å². The molecule has 2 aromatic rings. The van der Waals surface area contributed by atoms with E-state index in [1.165, 1.54) is 27.8 Å². The molecule has 28 heavy (non-hydrogen) atoms. The molecule has 0 aliphatic carbocycles. The summed E-state index contributed by atoms with van der Waals surface area (Å²) in [4.78, 5) is 12.8. The van der Waals surface area contributed by atoms with E-state index in [1.807, 2.05) is 0 Å². The third-order valence-electron chi connectivity index (χ3n) is 4.27. The van der Waals surface area contributed by atoms with Crippen molar-refractivity contribution >= 4 is 55.8 Å². The van der Waals surface area contributed by atoms with E-state index < -0.39 is 15.9 Å². The van der Waals surface area contributed by atoms with Gasteiger partial charge in [0.1, 0.15) is 0 Å². The van der Waals surface area contributed by atoms with Crippen LogP contribution in [0.25, 0.3) is 0 Å². The van der Waals surface area contributed by atoms with Gasteiger partial charge < -0.3 is 5.32 Å². The van der Waals surface area contributed by atoms with Gasteiger partial charge in [0, 0.05) is 23.9 Å². The van der Waals surface area contributed by atoms with Gasteiger partial charge in [-0.25, -0.2) is 8.42 Å². The summed E-state index contributed by atoms with van der Waals surface area (Å²) < 4.78 is 27.9. The number of benzene rings is 1. The standard InChI is InChI=1S/C17H21ClN4O3S3/c1-2-10-26-17-21-20-16(27-17)19-15(23)12-4-3-9-22(11-12)28(24,25)14-7-5-13(18)6-8-14/h5-8,12H,2-4,9-11H2,1H3,(H,19,20,23)/t12-/m0/s1. The molecule has 7 nitrogen and oxygen atoms in total. The van der Waals surface area contributed by atoms with Crippen molar-refractivity contribution in [3.63, 3.8) is 0 Å². The summed E-state index contributed by atoms with van der Waals surface area (Å²) in [6, 6.07) is 6.06. The first-order valence-electron chi connectivity index (χ1n) is 8.93. The van der Waals surface area contributed by atoms with Crippen LogP contribution in [-0.2, 0) is 14.8 Å². The van der Waals surface area contributed by atoms with Gasteiger partial charge >= 0.3 is 0 Å². The fraction of sp³-hybridized carbons (Fsp3) is 0.471. The molecule has 2 heterocycles. The van der Waals surface area contributed by atoms with E-state index in [4.69, 9.17) is 11.6 Å². The van der Waals surface area contributed by atoms with Crippen LogP contribution in [0.15, 0.2) is 33.5 Å². The van der Waals surface area contributed by atoms with Crippen molar-refractivity contribution in [3.8, 4) is 0 Å². The Morgan fingerprint density at radius 1 is 1.36 bits per heavy atom. The summed E-state index contributed by atoms with van der Waals surface area (Å²) in [6.07, 6.45) is 2.29. The average molecular weight is 461 g/mol. The summed E-state index contributed by atoms with van der Waals surface area (Å²) in [5.74, 6) is 0.300. The van der Waals surface area contributed by atoms with Crippen molar-refractivity contribution in [1.82, 2.24) is 14.5 Å². The van der Waals surface area contributed by atoms with Gasteiger partial charge in [0.05, 0.1) is 10.8 Å². The van der Waals surface area contributed by atoms with E-state index in [1.54, 1.807) is 23.9 Å². The Hall–Kier alpha value is -1.20. The fourth-order valence-corrected chi connectivity index (χ4v) is 6.18. The molecule has 152 valence electrons. The van der Waals surface area contributed by atoms with Crippen LogP contribution in [0.3, 0.4) is 0 Å². The van der Waals surface area contributed by atoms with Crippen LogP contribution in [0.5, 0.6) is 0 Å². The molecule has 1 aromatic heterocycles. The Balaban J connectivity index is 1.64. The lowest BCUT2D eigenvalue weighted by Crippen LogP contribution is -2.43. The predicted molar refractivity (Wildman–Crippen MR) is 112 cm³/mol. The van der Waals surface area contributed by atoms with Gasteiger partial charge in [0.15, 0.2) is 4.34 Å². The van der Waals surface area contributed by atoms with Crippen molar-refractivity contribution < 1.29 is 13.2 Å². The minimum Gasteiger partial charge on any atom is -0.300 e. The molecular weight excluding hydrogens is 440 g/mol. The maximum Gasteiger partial charge on any atom is 0.243 e. The number of amides is 1. The monoisotopic (exact) mass is 460 g/mol. The molecule has 0 saturated carbocycles. The number of nitrogens with one attached hydrogen (secondary N) is 1. The molecule has 1 N–H and O–H groups in total. The zero-order valence-corrected chi connectivity index (χ0v) is 18.5. The predicted octanol–water partition coefficient (Wildman–Crippen LogP) is 3.73. The number of anilines is 1. The van der Waals surface area contributed by atoms with Crippen molar-refractivity contribution in [1.29, 1.82) is 0 Å². The number of carbonyl (C=O) groups is 1. The van der Waals surface area contributed by atoms with Crippen LogP contribution < -0.4 is 5.32 Å². The second kappa shape index (κ2) is 9.53. The van der Waals surface area contributed by atoms with Crippen LogP contribution in [0.1, 0.15) is 26.2 Å². The second-order valence-electron chi connectivity index (χ2n) is 6.37. The van der Waals surface area contributed by atoms with Gasteiger partial charge in [0.25, 0.3) is 0 Å². The smallest absolute Gasteiger partial charge is 0.243 e. The Labute approximate surface area is 177 Å². The van der Waals surface area contributed by atoms with E-state index in [9.17, 15) is 13.2 Å². The van der Waals surface area contributed by atoms with Gasteiger partial charge in [-0.1, -0.05) is 41.6 Å². The number of hydrogen-bond acceptors (Lipinski definition) is 7. The number of carbonyl (C=O) groups excluding carboxylic acids is 1. The maximum absolute atomic E-state index is 12.9. The van der Waals surface area contributed by atoms with Crippen molar-refractivity contribution in [2.45, 2.75) is 35.4 Å². The molecule has 0 radical (unpaired) electrons. The average Bonchev–Trinajstić information content (AvgIpc) is 3.14. The zero-order chi connectivity index (χ0) is 20.1. The van der Waals surface area contributed by atoms with E-state index in [2.05, 4.69) is 22.4 Å². The van der Waals surface area contributed by atoms with Crippen molar-refractivity contribution in [2.75, 3.05) is 24.2 Å². The zero-order valence-electron chi connectivity index (χ0n) is 15.3. The molecule has 0 unspecified atom stereocenters. The van der Waals surface area contributed by atoms with Gasteiger partial charge in [-0.05, 0) is 43.5 Å². The topological polar surface area (TPSA) is 92.3 Å². The summed E-state index contributed by atoms with van der Waals surface area (Å²) in [7, 11) is -3.66. The molecule has 11 heteroatoms. The number of piperidine rings is 1. The first kappa shape index (κ1) is 21.5. The lowest BCUT2D eigenvalue weighted by atomic mass is 9.99. The highest BCUT2D eigenvalue weighted by Crippen LogP contribution is 2.28. The highest BCUT2D eigenvalue weighted by Gasteiger charge is 2.33. The normalized spacial score (nSPS) is 18.1. The molecule has 1 aromatic carbocycles. The second-order valence-corrected chi connectivity index (χ2v) is 11.1. The van der Waals surface area contributed by atoms with Crippen molar-refractivity contribution in [3.05, 3.63) is 29.3 Å². The Morgan fingerprint density at radius 2 is 2.11 bits per heavy atom. The SMILES string of the molecule is CCCSc1nnc(NC(=O)[C@H]2CCCN(S(=O)(=O)c3ccc(Cl)cc3)C2)s1. The minimum absolute atomic E-state index is 0.146. The molecule has 0 bridgehead atoms. The highest BCUT2D eigenvalue weighted by molar-refractivity contribution is 8.01. The number of thioether (sulfide) groups is 1. The van der Waals surface area contributed by atoms with Gasteiger partial charge in [-0.2, -0.15) is 4.31 Å². The number of aromatic nitrogens is 2. The van der Waals surface area contributed by atoms with E-state index in [0.717, 1.165) is 16.5 Å². The molecule has 1 aliphatic heterocycles. The van der Waals surface area contributed by atoms with Gasteiger partial charge in [0.2, 0.25) is 21.1 Å². The minimum atomic E-state index is -3.66. The lowest BCUT2D eigenvalue weighted by molar-refractivity contribution is -0.120. The van der Waals surface area contributed by atoms with Crippen LogP contribution in [0, 0.1) is 5.92 Å². The number of sulfonamides is 1. The van der Waals surface area contributed by atoms with E-state index in [0.29, 0.717) is 29.5 Å². The summed E-state index contributed by atoms with van der Waals surface area (Å²) in [5, 5.41) is 11.8. The molecule has 1 fully saturated rings. The largest absolute Gasteiger partial charge is 0.300 e. The van der Waals surface area contributed by atoms with E-state index >= 15 is 0 Å². The molecule has 1 aliphatic rings. The van der Waals surface area contributed by atoms with Crippen LogP contribution in [0.4, 0.5) is 5.13 Å². The lowest BCUT2D eigenvalue weighted by Gasteiger charge is -2.31. The van der Waals surface area contributed by atoms with E-state index in [-0.39, 0.29) is 17.3 Å². The third kappa shape index (κ3) is 5.24. The Bertz CT molecular complexity index is 918. The van der Waals surface area contributed by atoms with Gasteiger partial charge in [-0.15, -0.1) is 10.2 Å². The van der Waals surface area contributed by atoms with Crippen LogP contribution in [-0.4, -0.2) is 47.7 Å². The van der Waals surface area contributed by atoms with Crippen LogP contribution in [0.2, 0.25) is 5.02 Å². The molecule has 1 saturated heterocycles. The molecule has 1 amide bonds. The Morgan fingerprint density at radius 3 is 2.82 bits per heavy atom. The first-order chi connectivity index (χ1) is 13.4. The third-order valence-corrected chi connectivity index (χ3v) is 8.58. The summed E-state index contributed by atoms with van der Waals surface area (Å²) in [5.41, 5.74) is 0. The highest BCUT2D eigenvalue weighted by atomic mass is 35.5. The Kier molecular flexibility index (Phi) is 7.32. The van der Waals surface area contributed by atoms with Gasteiger partial charge in [-0.3, -0.25) is 4.79 Å². The first-order valence-corrected chi connectivity index (χ1v) is 12.5. The molecule has 0 spiro atoms. The summed E-state index contributed by atoms with van der Waals surface area (Å²) >= 11 is 8.78. The quantitative estimate of drug-likeness (QED) is 0.500. The number of rotatable bonds is 7.